The van der Waals surface area contributed by atoms with Crippen molar-refractivity contribution >= 4 is 15.9 Å². The van der Waals surface area contributed by atoms with Gasteiger partial charge in [-0.15, -0.1) is 0 Å². The lowest BCUT2D eigenvalue weighted by Gasteiger charge is -2.14. The van der Waals surface area contributed by atoms with E-state index in [0.717, 1.165) is 25.1 Å². The number of hydrogen-bond donors (Lipinski definition) is 0. The molecule has 35 heavy (non-hydrogen) atoms. The molecule has 4 heteroatoms. The Labute approximate surface area is 222 Å². The third kappa shape index (κ3) is 13.2. The fraction of sp³-hybridized carbons (Fsp3) is 0.581. The molecule has 0 spiro atoms. The first-order valence-electron chi connectivity index (χ1n) is 13.9. The van der Waals surface area contributed by atoms with E-state index < -0.39 is 0 Å². The molecular weight excluding hydrogens is 498 g/mol. The molecule has 0 bridgehead atoms. The Hall–Kier alpha value is -1.81. The smallest absolute Gasteiger partial charge is 0.223 e. The highest BCUT2D eigenvalue weighted by Crippen LogP contribution is 2.14. The predicted molar refractivity (Wildman–Crippen MR) is 154 cm³/mol. The lowest BCUT2D eigenvalue weighted by molar-refractivity contribution is 0.299. The van der Waals surface area contributed by atoms with E-state index in [2.05, 4.69) is 51.7 Å². The fourth-order valence-corrected chi connectivity index (χ4v) is 4.76. The summed E-state index contributed by atoms with van der Waals surface area (Å²) in [4.78, 5) is 12.4. The van der Waals surface area contributed by atoms with E-state index in [9.17, 15) is 4.79 Å². The van der Waals surface area contributed by atoms with Gasteiger partial charge >= 0.3 is 0 Å². The van der Waals surface area contributed by atoms with Crippen molar-refractivity contribution in [2.75, 3.05) is 6.61 Å². The predicted octanol–water partition coefficient (Wildman–Crippen LogP) is 9.21. The van der Waals surface area contributed by atoms with Crippen LogP contribution in [0.4, 0.5) is 0 Å². The largest absolute Gasteiger partial charge is 0.488 e. The van der Waals surface area contributed by atoms with Gasteiger partial charge in [0.05, 0.1) is 12.8 Å². The van der Waals surface area contributed by atoms with Gasteiger partial charge in [-0.1, -0.05) is 123 Å². The summed E-state index contributed by atoms with van der Waals surface area (Å²) in [6.07, 6.45) is 24.7. The quantitative estimate of drug-likeness (QED) is 0.0945. The first-order valence-corrected chi connectivity index (χ1v) is 15.0. The Morgan fingerprint density at radius 1 is 0.829 bits per heavy atom. The number of allylic oxidation sites excluding steroid dienone is 2. The molecule has 2 aromatic rings. The molecule has 1 heterocycles. The number of hydrogen-bond acceptors (Lipinski definition) is 2. The molecule has 0 N–H and O–H groups in total. The molecule has 0 unspecified atom stereocenters. The number of halogens is 1. The molecule has 0 atom stereocenters. The second-order valence-corrected chi connectivity index (χ2v) is 10.1. The molecule has 1 aromatic heterocycles. The Morgan fingerprint density at radius 3 is 2.06 bits per heavy atom. The van der Waals surface area contributed by atoms with Crippen LogP contribution in [0.5, 0.6) is 5.75 Å². The number of benzene rings is 1. The number of aromatic nitrogens is 1. The third-order valence-corrected chi connectivity index (χ3v) is 7.00. The van der Waals surface area contributed by atoms with Gasteiger partial charge in [0.2, 0.25) is 5.43 Å². The van der Waals surface area contributed by atoms with Gasteiger partial charge in [-0.05, 0) is 37.7 Å². The van der Waals surface area contributed by atoms with Crippen LogP contribution in [0.1, 0.15) is 108 Å². The molecule has 3 nitrogen and oxygen atoms in total. The third-order valence-electron chi connectivity index (χ3n) is 6.43. The van der Waals surface area contributed by atoms with Gasteiger partial charge < -0.3 is 9.30 Å². The van der Waals surface area contributed by atoms with Crippen LogP contribution >= 0.6 is 15.9 Å². The zero-order valence-electron chi connectivity index (χ0n) is 21.9. The number of pyridine rings is 1. The summed E-state index contributed by atoms with van der Waals surface area (Å²) in [5, 5.41) is 0.643. The SMILES string of the molecule is CCCCCCCCC=CCCCCCCCCOc1cn(Cc2ccccc2)c(CBr)cc1=O. The Morgan fingerprint density at radius 2 is 1.43 bits per heavy atom. The molecule has 0 radical (unpaired) electrons. The van der Waals surface area contributed by atoms with E-state index >= 15 is 0 Å². The van der Waals surface area contributed by atoms with Crippen molar-refractivity contribution in [3.8, 4) is 5.75 Å². The summed E-state index contributed by atoms with van der Waals surface area (Å²) in [5.74, 6) is 0.457. The molecular formula is C31H46BrNO2. The summed E-state index contributed by atoms with van der Waals surface area (Å²) in [5.41, 5.74) is 2.13. The van der Waals surface area contributed by atoms with E-state index in [-0.39, 0.29) is 5.43 Å². The van der Waals surface area contributed by atoms with Crippen LogP contribution in [0.25, 0.3) is 0 Å². The highest BCUT2D eigenvalue weighted by Gasteiger charge is 2.08. The molecule has 0 aliphatic carbocycles. The standard InChI is InChI=1S/C31H46BrNO2/c1-2-3-4-5-6-7-8-9-10-11-12-13-14-15-16-20-23-35-31-27-33(29(25-32)24-30(31)34)26-28-21-18-17-19-22-28/h9-10,17-19,21-22,24,27H,2-8,11-16,20,23,25-26H2,1H3. The van der Waals surface area contributed by atoms with E-state index in [1.165, 1.54) is 82.6 Å². The molecule has 0 saturated carbocycles. The van der Waals surface area contributed by atoms with Crippen molar-refractivity contribution in [3.63, 3.8) is 0 Å². The topological polar surface area (TPSA) is 31.2 Å². The molecule has 1 aromatic carbocycles. The number of rotatable bonds is 20. The van der Waals surface area contributed by atoms with Crippen LogP contribution in [0.2, 0.25) is 0 Å². The Balaban J connectivity index is 1.54. The fourth-order valence-electron chi connectivity index (χ4n) is 4.28. The molecule has 2 rings (SSSR count). The van der Waals surface area contributed by atoms with Crippen molar-refractivity contribution in [1.29, 1.82) is 0 Å². The van der Waals surface area contributed by atoms with Gasteiger partial charge in [-0.3, -0.25) is 4.79 Å². The van der Waals surface area contributed by atoms with Crippen LogP contribution in [-0.4, -0.2) is 11.2 Å². The number of nitrogens with zero attached hydrogens (tertiary/aromatic N) is 1. The molecule has 0 amide bonds. The van der Waals surface area contributed by atoms with Crippen molar-refractivity contribution < 1.29 is 4.74 Å². The molecule has 0 saturated heterocycles. The monoisotopic (exact) mass is 543 g/mol. The lowest BCUT2D eigenvalue weighted by Crippen LogP contribution is -2.16. The summed E-state index contributed by atoms with van der Waals surface area (Å²) in [6.45, 7) is 3.61. The number of ether oxygens (including phenoxy) is 1. The summed E-state index contributed by atoms with van der Waals surface area (Å²) in [6, 6.07) is 12.0. The van der Waals surface area contributed by atoms with E-state index in [1.807, 2.05) is 24.4 Å². The normalized spacial score (nSPS) is 11.4. The van der Waals surface area contributed by atoms with Gasteiger partial charge in [0.1, 0.15) is 0 Å². The minimum Gasteiger partial charge on any atom is -0.488 e. The Kier molecular flexibility index (Phi) is 16.3. The number of unbranched alkanes of at least 4 members (excludes halogenated alkanes) is 12. The van der Waals surface area contributed by atoms with Gasteiger partial charge in [0.15, 0.2) is 5.75 Å². The van der Waals surface area contributed by atoms with E-state index in [0.29, 0.717) is 17.7 Å². The summed E-state index contributed by atoms with van der Waals surface area (Å²) < 4.78 is 7.98. The zero-order valence-corrected chi connectivity index (χ0v) is 23.4. The maximum Gasteiger partial charge on any atom is 0.223 e. The molecule has 194 valence electrons. The maximum absolute atomic E-state index is 12.4. The van der Waals surface area contributed by atoms with Crippen molar-refractivity contribution in [1.82, 2.24) is 4.57 Å². The van der Waals surface area contributed by atoms with Gasteiger partial charge in [0, 0.05) is 23.6 Å². The average molecular weight is 545 g/mol. The Bertz CT molecular complexity index is 875. The van der Waals surface area contributed by atoms with Gasteiger partial charge in [-0.2, -0.15) is 0 Å². The first-order chi connectivity index (χ1) is 17.2. The zero-order chi connectivity index (χ0) is 25.0. The minimum atomic E-state index is -0.0340. The lowest BCUT2D eigenvalue weighted by atomic mass is 10.1. The average Bonchev–Trinajstić information content (AvgIpc) is 2.88. The molecule has 0 aliphatic heterocycles. The minimum absolute atomic E-state index is 0.0340. The van der Waals surface area contributed by atoms with Crippen LogP contribution in [-0.2, 0) is 11.9 Å². The van der Waals surface area contributed by atoms with Crippen molar-refractivity contribution in [2.45, 2.75) is 109 Å². The summed E-state index contributed by atoms with van der Waals surface area (Å²) in [7, 11) is 0. The van der Waals surface area contributed by atoms with E-state index in [1.54, 1.807) is 6.07 Å². The van der Waals surface area contributed by atoms with Crippen LogP contribution in [0, 0.1) is 0 Å². The van der Waals surface area contributed by atoms with Crippen LogP contribution < -0.4 is 10.2 Å². The highest BCUT2D eigenvalue weighted by atomic mass is 79.9. The second-order valence-electron chi connectivity index (χ2n) is 9.53. The van der Waals surface area contributed by atoms with Crippen molar-refractivity contribution in [2.24, 2.45) is 0 Å². The summed E-state index contributed by atoms with van der Waals surface area (Å²) >= 11 is 3.50. The van der Waals surface area contributed by atoms with Gasteiger partial charge in [-0.25, -0.2) is 0 Å². The van der Waals surface area contributed by atoms with Gasteiger partial charge in [0.25, 0.3) is 0 Å². The first kappa shape index (κ1) is 29.4. The molecule has 0 fully saturated rings. The molecule has 0 aliphatic rings. The maximum atomic E-state index is 12.4. The van der Waals surface area contributed by atoms with Crippen molar-refractivity contribution in [3.05, 3.63) is 76.2 Å². The van der Waals surface area contributed by atoms with E-state index in [4.69, 9.17) is 4.74 Å². The second kappa shape index (κ2) is 19.4. The van der Waals surface area contributed by atoms with Crippen LogP contribution in [0.3, 0.4) is 0 Å². The van der Waals surface area contributed by atoms with Crippen LogP contribution in [0.15, 0.2) is 59.5 Å². The highest BCUT2D eigenvalue weighted by molar-refractivity contribution is 9.08. The number of alkyl halides is 1.